The van der Waals surface area contributed by atoms with Crippen LogP contribution in [0, 0.1) is 0 Å². The summed E-state index contributed by atoms with van der Waals surface area (Å²) in [6.45, 7) is 2.59. The summed E-state index contributed by atoms with van der Waals surface area (Å²) in [5, 5.41) is 12.4. The third kappa shape index (κ3) is 3.57. The van der Waals surface area contributed by atoms with Crippen LogP contribution in [0.2, 0.25) is 5.02 Å². The maximum absolute atomic E-state index is 12.3. The summed E-state index contributed by atoms with van der Waals surface area (Å²) in [6, 6.07) is 6.85. The predicted molar refractivity (Wildman–Crippen MR) is 93.3 cm³/mol. The maximum atomic E-state index is 12.3. The summed E-state index contributed by atoms with van der Waals surface area (Å²) in [5.74, 6) is -0.218. The van der Waals surface area contributed by atoms with Gasteiger partial charge >= 0.3 is 0 Å². The van der Waals surface area contributed by atoms with Crippen LogP contribution in [0.4, 0.5) is 5.69 Å². The molecule has 2 aromatic rings. The molecule has 0 aliphatic carbocycles. The molecule has 0 saturated carbocycles. The highest BCUT2D eigenvalue weighted by Crippen LogP contribution is 2.34. The summed E-state index contributed by atoms with van der Waals surface area (Å²) < 4.78 is 0. The van der Waals surface area contributed by atoms with E-state index in [0.717, 1.165) is 19.4 Å². The largest absolute Gasteiger partial charge is 0.333 e. The molecule has 6 nitrogen and oxygen atoms in total. The fourth-order valence-corrected chi connectivity index (χ4v) is 3.81. The summed E-state index contributed by atoms with van der Waals surface area (Å²) >= 11 is 7.14. The van der Waals surface area contributed by atoms with Crippen molar-refractivity contribution in [3.8, 4) is 0 Å². The molecule has 0 unspecified atom stereocenters. The lowest BCUT2D eigenvalue weighted by molar-refractivity contribution is -0.131. The number of carbonyl (C=O) groups is 2. The van der Waals surface area contributed by atoms with Crippen molar-refractivity contribution in [3.63, 3.8) is 0 Å². The quantitative estimate of drug-likeness (QED) is 0.900. The van der Waals surface area contributed by atoms with Gasteiger partial charge in [0.25, 0.3) is 5.91 Å². The molecule has 0 bridgehead atoms. The second-order valence-electron chi connectivity index (χ2n) is 5.51. The molecule has 1 N–H and O–H groups in total. The van der Waals surface area contributed by atoms with Gasteiger partial charge in [0.1, 0.15) is 5.01 Å². The van der Waals surface area contributed by atoms with Gasteiger partial charge in [0.2, 0.25) is 10.9 Å². The number of likely N-dealkylation sites (tertiary alicyclic amines) is 1. The van der Waals surface area contributed by atoms with Gasteiger partial charge in [0, 0.05) is 23.7 Å². The summed E-state index contributed by atoms with van der Waals surface area (Å²) in [5.41, 5.74) is 0.605. The molecular formula is C16H17ClN4O2S. The number of hydrogen-bond donors (Lipinski definition) is 1. The number of nitrogens with zero attached hydrogens (tertiary/aromatic N) is 3. The first-order valence-corrected chi connectivity index (χ1v) is 8.97. The fraction of sp³-hybridized carbons (Fsp3) is 0.375. The maximum Gasteiger partial charge on any atom is 0.286 e. The second-order valence-corrected chi connectivity index (χ2v) is 6.95. The van der Waals surface area contributed by atoms with Gasteiger partial charge in [-0.05, 0) is 31.0 Å². The monoisotopic (exact) mass is 364 g/mol. The Morgan fingerprint density at radius 2 is 2.25 bits per heavy atom. The van der Waals surface area contributed by atoms with E-state index in [2.05, 4.69) is 15.5 Å². The molecular weight excluding hydrogens is 348 g/mol. The van der Waals surface area contributed by atoms with Crippen LogP contribution < -0.4 is 5.32 Å². The normalized spacial score (nSPS) is 17.1. The van der Waals surface area contributed by atoms with Crippen LogP contribution in [0.3, 0.4) is 0 Å². The number of halogens is 1. The standard InChI is InChI=1S/C16H17ClN4O2S/c1-2-13(22)21-8-4-7-12(21)15-19-20-16(24-15)14(23)18-11-6-3-5-10(17)9-11/h3,5-6,9,12H,2,4,7-8H2,1H3,(H,18,23)/t12-/m1/s1. The Balaban J connectivity index is 1.73. The lowest BCUT2D eigenvalue weighted by atomic mass is 10.2. The lowest BCUT2D eigenvalue weighted by Crippen LogP contribution is -2.29. The van der Waals surface area contributed by atoms with E-state index < -0.39 is 0 Å². The molecule has 1 aromatic heterocycles. The van der Waals surface area contributed by atoms with Crippen molar-refractivity contribution < 1.29 is 9.59 Å². The summed E-state index contributed by atoms with van der Waals surface area (Å²) in [7, 11) is 0. The fourth-order valence-electron chi connectivity index (χ4n) is 2.74. The van der Waals surface area contributed by atoms with Crippen LogP contribution in [0.1, 0.15) is 47.0 Å². The highest BCUT2D eigenvalue weighted by atomic mass is 35.5. The predicted octanol–water partition coefficient (Wildman–Crippen LogP) is 3.52. The topological polar surface area (TPSA) is 75.2 Å². The molecule has 1 saturated heterocycles. The molecule has 1 fully saturated rings. The number of amides is 2. The van der Waals surface area contributed by atoms with Crippen LogP contribution in [0.5, 0.6) is 0 Å². The zero-order valence-corrected chi connectivity index (χ0v) is 14.7. The number of aromatic nitrogens is 2. The number of carbonyl (C=O) groups excluding carboxylic acids is 2. The van der Waals surface area contributed by atoms with Crippen LogP contribution in [0.15, 0.2) is 24.3 Å². The first-order chi connectivity index (χ1) is 11.6. The Labute approximate surface area is 148 Å². The van der Waals surface area contributed by atoms with Gasteiger partial charge in [-0.1, -0.05) is 35.9 Å². The molecule has 2 heterocycles. The van der Waals surface area contributed by atoms with E-state index in [9.17, 15) is 9.59 Å². The minimum atomic E-state index is -0.326. The van der Waals surface area contributed by atoms with Gasteiger partial charge in [-0.25, -0.2) is 0 Å². The van der Waals surface area contributed by atoms with Gasteiger partial charge in [-0.3, -0.25) is 9.59 Å². The lowest BCUT2D eigenvalue weighted by Gasteiger charge is -2.21. The molecule has 0 spiro atoms. The SMILES string of the molecule is CCC(=O)N1CCC[C@@H]1c1nnc(C(=O)Nc2cccc(Cl)c2)s1. The number of nitrogens with one attached hydrogen (secondary N) is 1. The Kier molecular flexibility index (Phi) is 5.11. The average Bonchev–Trinajstić information content (AvgIpc) is 3.23. The smallest absolute Gasteiger partial charge is 0.286 e. The number of anilines is 1. The van der Waals surface area contributed by atoms with E-state index in [1.54, 1.807) is 24.3 Å². The molecule has 0 radical (unpaired) electrons. The summed E-state index contributed by atoms with van der Waals surface area (Å²) in [4.78, 5) is 26.1. The van der Waals surface area contributed by atoms with E-state index in [1.165, 1.54) is 11.3 Å². The molecule has 8 heteroatoms. The minimum absolute atomic E-state index is 0.0670. The molecule has 1 atom stereocenters. The van der Waals surface area contributed by atoms with Crippen molar-refractivity contribution in [1.82, 2.24) is 15.1 Å². The van der Waals surface area contributed by atoms with Crippen molar-refractivity contribution in [2.24, 2.45) is 0 Å². The van der Waals surface area contributed by atoms with Crippen molar-refractivity contribution in [1.29, 1.82) is 0 Å². The first-order valence-electron chi connectivity index (χ1n) is 7.78. The number of benzene rings is 1. The highest BCUT2D eigenvalue weighted by molar-refractivity contribution is 7.13. The molecule has 3 rings (SSSR count). The Morgan fingerprint density at radius 3 is 3.00 bits per heavy atom. The third-order valence-corrected chi connectivity index (χ3v) is 5.14. The zero-order chi connectivity index (χ0) is 17.1. The van der Waals surface area contributed by atoms with E-state index in [1.807, 2.05) is 11.8 Å². The average molecular weight is 365 g/mol. The molecule has 24 heavy (non-hydrogen) atoms. The van der Waals surface area contributed by atoms with Gasteiger partial charge in [-0.2, -0.15) is 0 Å². The molecule has 1 aromatic carbocycles. The van der Waals surface area contributed by atoms with E-state index >= 15 is 0 Å². The second kappa shape index (κ2) is 7.27. The number of rotatable bonds is 4. The minimum Gasteiger partial charge on any atom is -0.333 e. The Hall–Kier alpha value is -1.99. The molecule has 126 valence electrons. The van der Waals surface area contributed by atoms with Crippen molar-refractivity contribution >= 4 is 40.4 Å². The van der Waals surface area contributed by atoms with E-state index in [0.29, 0.717) is 22.1 Å². The van der Waals surface area contributed by atoms with Crippen molar-refractivity contribution in [2.45, 2.75) is 32.2 Å². The van der Waals surface area contributed by atoms with Crippen LogP contribution in [0.25, 0.3) is 0 Å². The van der Waals surface area contributed by atoms with Gasteiger partial charge in [-0.15, -0.1) is 10.2 Å². The van der Waals surface area contributed by atoms with Crippen molar-refractivity contribution in [2.75, 3.05) is 11.9 Å². The first kappa shape index (κ1) is 16.9. The zero-order valence-electron chi connectivity index (χ0n) is 13.2. The molecule has 1 aliphatic rings. The Morgan fingerprint density at radius 1 is 1.42 bits per heavy atom. The van der Waals surface area contributed by atoms with Gasteiger partial charge < -0.3 is 10.2 Å². The van der Waals surface area contributed by atoms with Crippen LogP contribution >= 0.6 is 22.9 Å². The highest BCUT2D eigenvalue weighted by Gasteiger charge is 2.32. The number of hydrogen-bond acceptors (Lipinski definition) is 5. The molecule has 2 amide bonds. The van der Waals surface area contributed by atoms with Crippen LogP contribution in [-0.2, 0) is 4.79 Å². The third-order valence-electron chi connectivity index (χ3n) is 3.88. The van der Waals surface area contributed by atoms with Gasteiger partial charge in [0.05, 0.1) is 6.04 Å². The van der Waals surface area contributed by atoms with E-state index in [-0.39, 0.29) is 22.9 Å². The van der Waals surface area contributed by atoms with Gasteiger partial charge in [0.15, 0.2) is 0 Å². The Bertz CT molecular complexity index is 764. The van der Waals surface area contributed by atoms with Crippen LogP contribution in [-0.4, -0.2) is 33.5 Å². The van der Waals surface area contributed by atoms with E-state index in [4.69, 9.17) is 11.6 Å². The summed E-state index contributed by atoms with van der Waals surface area (Å²) in [6.07, 6.45) is 2.27. The van der Waals surface area contributed by atoms with Crippen molar-refractivity contribution in [3.05, 3.63) is 39.3 Å². The molecule has 1 aliphatic heterocycles.